The lowest BCUT2D eigenvalue weighted by Gasteiger charge is -2.09. The number of nitrogens with zero attached hydrogens (tertiary/aromatic N) is 1. The lowest BCUT2D eigenvalue weighted by atomic mass is 10.1. The monoisotopic (exact) mass is 311 g/mol. The minimum atomic E-state index is -0.155. The van der Waals surface area contributed by atoms with Gasteiger partial charge in [-0.2, -0.15) is 0 Å². The fourth-order valence-corrected chi connectivity index (χ4v) is 2.39. The predicted octanol–water partition coefficient (Wildman–Crippen LogP) is 2.64. The summed E-state index contributed by atoms with van der Waals surface area (Å²) in [6.45, 7) is 0.545. The number of amides is 1. The van der Waals surface area contributed by atoms with Crippen molar-refractivity contribution in [3.05, 3.63) is 53.9 Å². The molecule has 1 aliphatic carbocycles. The number of methoxy groups -OCH3 is 1. The average Bonchev–Trinajstić information content (AvgIpc) is 3.40. The summed E-state index contributed by atoms with van der Waals surface area (Å²) < 4.78 is 5.31. The van der Waals surface area contributed by atoms with Gasteiger partial charge >= 0.3 is 0 Å². The summed E-state index contributed by atoms with van der Waals surface area (Å²) in [7, 11) is 1.65. The maximum Gasteiger partial charge on any atom is 0.269 e. The maximum atomic E-state index is 12.1. The van der Waals surface area contributed by atoms with Crippen molar-refractivity contribution >= 4 is 11.6 Å². The van der Waals surface area contributed by atoms with Crippen molar-refractivity contribution in [2.24, 2.45) is 0 Å². The molecule has 0 aliphatic heterocycles. The number of benzene rings is 1. The standard InChI is InChI=1S/C18H21N3O2/c1-23-17-5-3-2-4-13(17)10-11-19-18(22)16-9-8-15(12-20-16)21-14-6-7-14/h2-5,8-9,12,14,21H,6-7,10-11H2,1H3,(H,19,22). The van der Waals surface area contributed by atoms with Gasteiger partial charge in [-0.1, -0.05) is 18.2 Å². The first-order valence-corrected chi connectivity index (χ1v) is 7.89. The van der Waals surface area contributed by atoms with E-state index < -0.39 is 0 Å². The second kappa shape index (κ2) is 7.13. The minimum Gasteiger partial charge on any atom is -0.496 e. The number of rotatable bonds is 7. The molecule has 5 heteroatoms. The average molecular weight is 311 g/mol. The molecule has 1 fully saturated rings. The van der Waals surface area contributed by atoms with Crippen molar-refractivity contribution in [2.75, 3.05) is 19.0 Å². The molecule has 0 atom stereocenters. The van der Waals surface area contributed by atoms with Crippen molar-refractivity contribution in [3.63, 3.8) is 0 Å². The van der Waals surface area contributed by atoms with Gasteiger partial charge in [0.15, 0.2) is 0 Å². The highest BCUT2D eigenvalue weighted by Gasteiger charge is 2.20. The Kier molecular flexibility index (Phi) is 4.76. The Labute approximate surface area is 136 Å². The molecule has 0 saturated heterocycles. The molecule has 5 nitrogen and oxygen atoms in total. The Hall–Kier alpha value is -2.56. The molecule has 23 heavy (non-hydrogen) atoms. The first-order valence-electron chi connectivity index (χ1n) is 7.89. The summed E-state index contributed by atoms with van der Waals surface area (Å²) in [4.78, 5) is 16.3. The quantitative estimate of drug-likeness (QED) is 0.825. The van der Waals surface area contributed by atoms with Crippen LogP contribution in [-0.2, 0) is 6.42 Å². The molecule has 0 spiro atoms. The van der Waals surface area contributed by atoms with Gasteiger partial charge in [0.1, 0.15) is 11.4 Å². The highest BCUT2D eigenvalue weighted by Crippen LogP contribution is 2.24. The lowest BCUT2D eigenvalue weighted by molar-refractivity contribution is 0.0949. The number of aromatic nitrogens is 1. The first kappa shape index (κ1) is 15.3. The van der Waals surface area contributed by atoms with Gasteiger partial charge in [0, 0.05) is 12.6 Å². The van der Waals surface area contributed by atoms with Crippen LogP contribution in [0.2, 0.25) is 0 Å². The Morgan fingerprint density at radius 1 is 1.26 bits per heavy atom. The molecule has 2 aromatic rings. The number of pyridine rings is 1. The van der Waals surface area contributed by atoms with Crippen LogP contribution in [0.5, 0.6) is 5.75 Å². The third-order valence-electron chi connectivity index (χ3n) is 3.82. The molecule has 1 amide bonds. The van der Waals surface area contributed by atoms with E-state index in [-0.39, 0.29) is 5.91 Å². The van der Waals surface area contributed by atoms with E-state index in [0.29, 0.717) is 18.3 Å². The Balaban J connectivity index is 1.50. The second-order valence-corrected chi connectivity index (χ2v) is 5.67. The normalized spacial score (nSPS) is 13.4. The highest BCUT2D eigenvalue weighted by molar-refractivity contribution is 5.92. The molecular formula is C18H21N3O2. The number of nitrogens with one attached hydrogen (secondary N) is 2. The van der Waals surface area contributed by atoms with Crippen LogP contribution in [0.25, 0.3) is 0 Å². The van der Waals surface area contributed by atoms with Gasteiger partial charge in [0.05, 0.1) is 19.0 Å². The van der Waals surface area contributed by atoms with Crippen LogP contribution < -0.4 is 15.4 Å². The summed E-state index contributed by atoms with van der Waals surface area (Å²) in [6, 6.07) is 12.1. The van der Waals surface area contributed by atoms with Crippen molar-refractivity contribution < 1.29 is 9.53 Å². The summed E-state index contributed by atoms with van der Waals surface area (Å²) in [6.07, 6.45) is 4.86. The van der Waals surface area contributed by atoms with Crippen LogP contribution in [0.15, 0.2) is 42.6 Å². The number of hydrogen-bond acceptors (Lipinski definition) is 4. The van der Waals surface area contributed by atoms with Crippen molar-refractivity contribution in [3.8, 4) is 5.75 Å². The smallest absolute Gasteiger partial charge is 0.269 e. The van der Waals surface area contributed by atoms with E-state index >= 15 is 0 Å². The largest absolute Gasteiger partial charge is 0.496 e. The minimum absolute atomic E-state index is 0.155. The Morgan fingerprint density at radius 2 is 2.09 bits per heavy atom. The van der Waals surface area contributed by atoms with Gasteiger partial charge in [-0.3, -0.25) is 4.79 Å². The molecule has 0 unspecified atom stereocenters. The SMILES string of the molecule is COc1ccccc1CCNC(=O)c1ccc(NC2CC2)cn1. The van der Waals surface area contributed by atoms with Crippen LogP contribution >= 0.6 is 0 Å². The molecule has 1 heterocycles. The number of carbonyl (C=O) groups excluding carboxylic acids is 1. The van der Waals surface area contributed by atoms with E-state index in [1.165, 1.54) is 12.8 Å². The van der Waals surface area contributed by atoms with E-state index in [0.717, 1.165) is 23.4 Å². The zero-order chi connectivity index (χ0) is 16.1. The molecule has 0 radical (unpaired) electrons. The molecule has 1 saturated carbocycles. The third-order valence-corrected chi connectivity index (χ3v) is 3.82. The van der Waals surface area contributed by atoms with E-state index in [2.05, 4.69) is 15.6 Å². The van der Waals surface area contributed by atoms with Crippen LogP contribution in [0.3, 0.4) is 0 Å². The number of ether oxygens (including phenoxy) is 1. The molecule has 0 bridgehead atoms. The predicted molar refractivity (Wildman–Crippen MR) is 89.9 cm³/mol. The van der Waals surface area contributed by atoms with Crippen molar-refractivity contribution in [1.29, 1.82) is 0 Å². The van der Waals surface area contributed by atoms with Gasteiger partial charge in [-0.15, -0.1) is 0 Å². The summed E-state index contributed by atoms with van der Waals surface area (Å²) in [5.41, 5.74) is 2.48. The number of carbonyl (C=O) groups is 1. The zero-order valence-electron chi connectivity index (χ0n) is 13.2. The van der Waals surface area contributed by atoms with E-state index in [4.69, 9.17) is 4.74 Å². The lowest BCUT2D eigenvalue weighted by Crippen LogP contribution is -2.26. The zero-order valence-corrected chi connectivity index (χ0v) is 13.2. The topological polar surface area (TPSA) is 63.2 Å². The summed E-state index contributed by atoms with van der Waals surface area (Å²) in [5, 5.41) is 6.25. The third kappa shape index (κ3) is 4.22. The number of para-hydroxylation sites is 1. The molecule has 3 rings (SSSR count). The molecule has 1 aromatic heterocycles. The fraction of sp³-hybridized carbons (Fsp3) is 0.333. The van der Waals surface area contributed by atoms with Crippen LogP contribution in [0.4, 0.5) is 5.69 Å². The molecule has 1 aliphatic rings. The van der Waals surface area contributed by atoms with E-state index in [9.17, 15) is 4.79 Å². The Morgan fingerprint density at radius 3 is 2.78 bits per heavy atom. The van der Waals surface area contributed by atoms with Gasteiger partial charge in [-0.25, -0.2) is 4.98 Å². The van der Waals surface area contributed by atoms with E-state index in [1.54, 1.807) is 19.4 Å². The first-order chi connectivity index (χ1) is 11.3. The molecular weight excluding hydrogens is 290 g/mol. The number of hydrogen-bond donors (Lipinski definition) is 2. The van der Waals surface area contributed by atoms with Gasteiger partial charge < -0.3 is 15.4 Å². The van der Waals surface area contributed by atoms with Crippen molar-refractivity contribution in [1.82, 2.24) is 10.3 Å². The second-order valence-electron chi connectivity index (χ2n) is 5.67. The van der Waals surface area contributed by atoms with Gasteiger partial charge in [0.25, 0.3) is 5.91 Å². The number of anilines is 1. The van der Waals surface area contributed by atoms with E-state index in [1.807, 2.05) is 30.3 Å². The van der Waals surface area contributed by atoms with Gasteiger partial charge in [-0.05, 0) is 43.0 Å². The molecule has 2 N–H and O–H groups in total. The van der Waals surface area contributed by atoms with Crippen LogP contribution in [0, 0.1) is 0 Å². The van der Waals surface area contributed by atoms with Crippen molar-refractivity contribution in [2.45, 2.75) is 25.3 Å². The van der Waals surface area contributed by atoms with Crippen LogP contribution in [0.1, 0.15) is 28.9 Å². The fourth-order valence-electron chi connectivity index (χ4n) is 2.39. The summed E-state index contributed by atoms with van der Waals surface area (Å²) >= 11 is 0. The highest BCUT2D eigenvalue weighted by atomic mass is 16.5. The summed E-state index contributed by atoms with van der Waals surface area (Å²) in [5.74, 6) is 0.688. The Bertz CT molecular complexity index is 666. The maximum absolute atomic E-state index is 12.1. The van der Waals surface area contributed by atoms with Crippen LogP contribution in [-0.4, -0.2) is 30.6 Å². The van der Waals surface area contributed by atoms with Gasteiger partial charge in [0.2, 0.25) is 0 Å². The molecule has 1 aromatic carbocycles. The molecule has 120 valence electrons.